The summed E-state index contributed by atoms with van der Waals surface area (Å²) in [6, 6.07) is 0. The monoisotopic (exact) mass is 149 g/mol. The number of nitrogens with zero attached hydrogens (tertiary/aromatic N) is 1. The number of hydrogen-bond donors (Lipinski definition) is 1. The summed E-state index contributed by atoms with van der Waals surface area (Å²) >= 11 is 0. The van der Waals surface area contributed by atoms with Gasteiger partial charge in [0.25, 0.3) is 0 Å². The Kier molecular flexibility index (Phi) is 6.84. The average molecular weight is 149 g/mol. The van der Waals surface area contributed by atoms with Gasteiger partial charge in [0.05, 0.1) is 13.2 Å². The molecule has 4 nitrogen and oxygen atoms in total. The first kappa shape index (κ1) is 9.84. The Bertz CT molecular complexity index is 68.0. The molecule has 0 spiro atoms. The zero-order chi connectivity index (χ0) is 7.82. The Morgan fingerprint density at radius 2 is 1.90 bits per heavy atom. The maximum atomic E-state index is 7.88. The zero-order valence-corrected chi connectivity index (χ0v) is 6.54. The minimum absolute atomic E-state index is 0.243. The van der Waals surface area contributed by atoms with Crippen molar-refractivity contribution in [1.29, 1.82) is 0 Å². The van der Waals surface area contributed by atoms with Gasteiger partial charge in [0.15, 0.2) is 0 Å². The normalized spacial score (nSPS) is 10.8. The molecule has 0 saturated carbocycles. The van der Waals surface area contributed by atoms with Crippen LogP contribution in [0.5, 0.6) is 0 Å². The molecule has 0 atom stereocenters. The molecule has 1 N–H and O–H groups in total. The Balaban J connectivity index is 2.77. The van der Waals surface area contributed by atoms with Crippen molar-refractivity contribution in [1.82, 2.24) is 4.90 Å². The maximum Gasteiger partial charge on any atom is 0.105 e. The van der Waals surface area contributed by atoms with Crippen LogP contribution in [-0.2, 0) is 9.62 Å². The second-order valence-electron chi connectivity index (χ2n) is 2.25. The Labute approximate surface area is 61.3 Å². The first-order valence-corrected chi connectivity index (χ1v) is 3.26. The fourth-order valence-electron chi connectivity index (χ4n) is 0.445. The predicted molar refractivity (Wildman–Crippen MR) is 38.0 cm³/mol. The van der Waals surface area contributed by atoms with E-state index >= 15 is 0 Å². The highest BCUT2D eigenvalue weighted by atomic mass is 17.1. The molecule has 0 fully saturated rings. The van der Waals surface area contributed by atoms with Crippen molar-refractivity contribution in [2.45, 2.75) is 0 Å². The summed E-state index contributed by atoms with van der Waals surface area (Å²) in [6.45, 7) is 2.26. The highest BCUT2D eigenvalue weighted by molar-refractivity contribution is 4.38. The molecule has 0 aromatic carbocycles. The molecule has 0 rings (SSSR count). The summed E-state index contributed by atoms with van der Waals surface area (Å²) < 4.78 is 5.06. The quantitative estimate of drug-likeness (QED) is 0.329. The van der Waals surface area contributed by atoms with E-state index in [9.17, 15) is 0 Å². The number of rotatable bonds is 6. The molecule has 0 heterocycles. The van der Waals surface area contributed by atoms with Crippen molar-refractivity contribution in [3.8, 4) is 0 Å². The van der Waals surface area contributed by atoms with Crippen LogP contribution >= 0.6 is 0 Å². The van der Waals surface area contributed by atoms with Crippen molar-refractivity contribution >= 4 is 0 Å². The van der Waals surface area contributed by atoms with Crippen LogP contribution in [0.1, 0.15) is 0 Å². The number of ether oxygens (including phenoxy) is 1. The molecule has 0 aliphatic heterocycles. The predicted octanol–water partition coefficient (Wildman–Crippen LogP) is 0.0542. The van der Waals surface area contributed by atoms with Crippen LogP contribution in [0.4, 0.5) is 0 Å². The van der Waals surface area contributed by atoms with Crippen molar-refractivity contribution in [3.05, 3.63) is 0 Å². The summed E-state index contributed by atoms with van der Waals surface area (Å²) in [5, 5.41) is 7.88. The second-order valence-corrected chi connectivity index (χ2v) is 2.25. The molecule has 62 valence electrons. The third-order valence-corrected chi connectivity index (χ3v) is 1.00. The van der Waals surface area contributed by atoms with E-state index in [0.29, 0.717) is 13.2 Å². The molecular formula is C6H15NO3. The van der Waals surface area contributed by atoms with Gasteiger partial charge in [-0.2, -0.15) is 0 Å². The van der Waals surface area contributed by atoms with Gasteiger partial charge in [0, 0.05) is 6.54 Å². The lowest BCUT2D eigenvalue weighted by molar-refractivity contribution is -0.249. The first-order chi connectivity index (χ1) is 4.77. The van der Waals surface area contributed by atoms with Gasteiger partial charge in [-0.05, 0) is 14.1 Å². The minimum Gasteiger partial charge on any atom is -0.378 e. The summed E-state index contributed by atoms with van der Waals surface area (Å²) in [7, 11) is 3.96. The smallest absolute Gasteiger partial charge is 0.105 e. The molecule has 0 radical (unpaired) electrons. The standard InChI is InChI=1S/C6H15NO3/c1-7(2)3-4-9-5-6-10-8/h8H,3-6H2,1-2H3. The average Bonchev–Trinajstić information content (AvgIpc) is 1.87. The molecule has 0 aliphatic rings. The zero-order valence-electron chi connectivity index (χ0n) is 6.54. The molecule has 0 unspecified atom stereocenters. The third-order valence-electron chi connectivity index (χ3n) is 1.00. The number of hydrogen-bond acceptors (Lipinski definition) is 4. The second kappa shape index (κ2) is 6.95. The van der Waals surface area contributed by atoms with Gasteiger partial charge in [-0.25, -0.2) is 4.89 Å². The van der Waals surface area contributed by atoms with Gasteiger partial charge in [-0.1, -0.05) is 0 Å². The van der Waals surface area contributed by atoms with Crippen LogP contribution in [0.25, 0.3) is 0 Å². The largest absolute Gasteiger partial charge is 0.378 e. The van der Waals surface area contributed by atoms with E-state index in [1.165, 1.54) is 0 Å². The fraction of sp³-hybridized carbons (Fsp3) is 1.00. The third kappa shape index (κ3) is 7.84. The summed E-state index contributed by atoms with van der Waals surface area (Å²) in [5.74, 6) is 0. The van der Waals surface area contributed by atoms with E-state index in [4.69, 9.17) is 9.99 Å². The Morgan fingerprint density at radius 1 is 1.20 bits per heavy atom. The van der Waals surface area contributed by atoms with Crippen LogP contribution in [0.2, 0.25) is 0 Å². The van der Waals surface area contributed by atoms with Crippen LogP contribution in [0.3, 0.4) is 0 Å². The van der Waals surface area contributed by atoms with Gasteiger partial charge < -0.3 is 9.64 Å². The van der Waals surface area contributed by atoms with Crippen LogP contribution < -0.4 is 0 Å². The first-order valence-electron chi connectivity index (χ1n) is 3.26. The molecular weight excluding hydrogens is 134 g/mol. The topological polar surface area (TPSA) is 41.9 Å². The van der Waals surface area contributed by atoms with Gasteiger partial charge in [-0.15, -0.1) is 0 Å². The van der Waals surface area contributed by atoms with E-state index in [2.05, 4.69) is 4.89 Å². The fourth-order valence-corrected chi connectivity index (χ4v) is 0.445. The van der Waals surface area contributed by atoms with E-state index in [-0.39, 0.29) is 6.61 Å². The lowest BCUT2D eigenvalue weighted by atomic mass is 10.6. The highest BCUT2D eigenvalue weighted by Gasteiger charge is 1.89. The van der Waals surface area contributed by atoms with Crippen LogP contribution in [0.15, 0.2) is 0 Å². The Morgan fingerprint density at radius 3 is 2.40 bits per heavy atom. The van der Waals surface area contributed by atoms with Gasteiger partial charge in [0.1, 0.15) is 6.61 Å². The number of likely N-dealkylation sites (N-methyl/N-ethyl adjacent to an activating group) is 1. The van der Waals surface area contributed by atoms with Gasteiger partial charge >= 0.3 is 0 Å². The van der Waals surface area contributed by atoms with E-state index in [0.717, 1.165) is 6.54 Å². The van der Waals surface area contributed by atoms with Gasteiger partial charge in [-0.3, -0.25) is 5.26 Å². The van der Waals surface area contributed by atoms with E-state index in [1.807, 2.05) is 19.0 Å². The van der Waals surface area contributed by atoms with Gasteiger partial charge in [0.2, 0.25) is 0 Å². The van der Waals surface area contributed by atoms with Crippen molar-refractivity contribution in [3.63, 3.8) is 0 Å². The lowest BCUT2D eigenvalue weighted by Gasteiger charge is -2.08. The molecule has 10 heavy (non-hydrogen) atoms. The van der Waals surface area contributed by atoms with Crippen molar-refractivity contribution < 1.29 is 14.9 Å². The summed E-state index contributed by atoms with van der Waals surface area (Å²) in [6.07, 6.45) is 0. The van der Waals surface area contributed by atoms with E-state index < -0.39 is 0 Å². The molecule has 4 heteroatoms. The molecule has 0 saturated heterocycles. The van der Waals surface area contributed by atoms with Crippen LogP contribution in [-0.4, -0.2) is 50.6 Å². The van der Waals surface area contributed by atoms with Crippen molar-refractivity contribution in [2.24, 2.45) is 0 Å². The maximum absolute atomic E-state index is 7.88. The van der Waals surface area contributed by atoms with Crippen molar-refractivity contribution in [2.75, 3.05) is 40.5 Å². The summed E-state index contributed by atoms with van der Waals surface area (Å²) in [5.41, 5.74) is 0. The molecule has 0 bridgehead atoms. The highest BCUT2D eigenvalue weighted by Crippen LogP contribution is 1.78. The SMILES string of the molecule is CN(C)CCOCCOO. The summed E-state index contributed by atoms with van der Waals surface area (Å²) in [4.78, 5) is 5.84. The van der Waals surface area contributed by atoms with E-state index in [1.54, 1.807) is 0 Å². The molecule has 0 amide bonds. The Hall–Kier alpha value is -0.160. The molecule has 0 aliphatic carbocycles. The minimum atomic E-state index is 0.243. The lowest BCUT2D eigenvalue weighted by Crippen LogP contribution is -2.19. The molecule has 0 aromatic heterocycles. The molecule has 0 aromatic rings. The van der Waals surface area contributed by atoms with Crippen LogP contribution in [0, 0.1) is 0 Å².